The maximum atomic E-state index is 10.5. The van der Waals surface area contributed by atoms with E-state index < -0.39 is 12.0 Å². The van der Waals surface area contributed by atoms with Crippen molar-refractivity contribution < 1.29 is 19.4 Å². The van der Waals surface area contributed by atoms with Gasteiger partial charge in [-0.1, -0.05) is 0 Å². The molecule has 3 N–H and O–H groups in total. The van der Waals surface area contributed by atoms with E-state index in [1.807, 2.05) is 20.8 Å². The second kappa shape index (κ2) is 5.66. The van der Waals surface area contributed by atoms with Gasteiger partial charge in [0.2, 0.25) is 0 Å². The Kier molecular flexibility index (Phi) is 5.22. The van der Waals surface area contributed by atoms with Crippen molar-refractivity contribution in [1.29, 1.82) is 0 Å². The number of carbonyl (C=O) groups excluding carboxylic acids is 1. The van der Waals surface area contributed by atoms with E-state index in [-0.39, 0.29) is 24.2 Å². The van der Waals surface area contributed by atoms with Crippen molar-refractivity contribution in [3.05, 3.63) is 5.57 Å². The number of aliphatic carboxylic acids is 1. The molecule has 0 aromatic heterocycles. The average molecular weight is 215 g/mol. The van der Waals surface area contributed by atoms with Crippen LogP contribution in [0.1, 0.15) is 27.2 Å². The standard InChI is InChI=1S/C10H17NO4/c1-10(2,3)15-5-4-7(6-12)8(11)9(13)14/h8H,4-5,11H2,1-3H3,(H,13,14). The van der Waals surface area contributed by atoms with Crippen molar-refractivity contribution in [3.8, 4) is 0 Å². The van der Waals surface area contributed by atoms with E-state index in [1.54, 1.807) is 5.94 Å². The molecule has 0 aliphatic rings. The highest BCUT2D eigenvalue weighted by molar-refractivity contribution is 5.80. The normalized spacial score (nSPS) is 13.1. The van der Waals surface area contributed by atoms with Crippen LogP contribution >= 0.6 is 0 Å². The number of rotatable bonds is 5. The molecule has 0 saturated heterocycles. The lowest BCUT2D eigenvalue weighted by molar-refractivity contribution is -0.137. The predicted molar refractivity (Wildman–Crippen MR) is 55.1 cm³/mol. The van der Waals surface area contributed by atoms with Gasteiger partial charge in [0.25, 0.3) is 0 Å². The minimum Gasteiger partial charge on any atom is -0.480 e. The van der Waals surface area contributed by atoms with E-state index in [0.29, 0.717) is 0 Å². The van der Waals surface area contributed by atoms with Crippen molar-refractivity contribution in [2.75, 3.05) is 6.61 Å². The summed E-state index contributed by atoms with van der Waals surface area (Å²) >= 11 is 0. The molecule has 5 nitrogen and oxygen atoms in total. The Bertz CT molecular complexity index is 274. The summed E-state index contributed by atoms with van der Waals surface area (Å²) < 4.78 is 5.34. The molecule has 0 fully saturated rings. The first kappa shape index (κ1) is 13.8. The van der Waals surface area contributed by atoms with E-state index in [4.69, 9.17) is 15.6 Å². The highest BCUT2D eigenvalue weighted by atomic mass is 16.5. The molecule has 0 aromatic rings. The van der Waals surface area contributed by atoms with Gasteiger partial charge in [-0.05, 0) is 20.8 Å². The zero-order valence-electron chi connectivity index (χ0n) is 9.24. The topological polar surface area (TPSA) is 89.6 Å². The van der Waals surface area contributed by atoms with E-state index in [1.165, 1.54) is 0 Å². The molecule has 5 heteroatoms. The summed E-state index contributed by atoms with van der Waals surface area (Å²) in [5, 5.41) is 8.58. The Morgan fingerprint density at radius 3 is 2.40 bits per heavy atom. The lowest BCUT2D eigenvalue weighted by Crippen LogP contribution is -2.33. The number of nitrogens with two attached hydrogens (primary N) is 1. The molecule has 0 radical (unpaired) electrons. The fourth-order valence-electron chi connectivity index (χ4n) is 0.886. The third kappa shape index (κ3) is 6.01. The lowest BCUT2D eigenvalue weighted by atomic mass is 10.1. The highest BCUT2D eigenvalue weighted by Crippen LogP contribution is 2.10. The van der Waals surface area contributed by atoms with Crippen molar-refractivity contribution in [1.82, 2.24) is 0 Å². The Morgan fingerprint density at radius 1 is 1.53 bits per heavy atom. The molecule has 0 bridgehead atoms. The summed E-state index contributed by atoms with van der Waals surface area (Å²) in [4.78, 5) is 20.9. The van der Waals surface area contributed by atoms with Crippen LogP contribution in [0.25, 0.3) is 0 Å². The number of carbonyl (C=O) groups is 1. The molecule has 0 heterocycles. The Balaban J connectivity index is 4.16. The van der Waals surface area contributed by atoms with E-state index in [2.05, 4.69) is 0 Å². The number of carboxylic acid groups (broad SMARTS) is 1. The monoisotopic (exact) mass is 215 g/mol. The van der Waals surface area contributed by atoms with Gasteiger partial charge in [-0.2, -0.15) is 0 Å². The Labute approximate surface area is 88.9 Å². The van der Waals surface area contributed by atoms with Gasteiger partial charge in [0.15, 0.2) is 0 Å². The van der Waals surface area contributed by atoms with Crippen LogP contribution < -0.4 is 5.73 Å². The van der Waals surface area contributed by atoms with Gasteiger partial charge in [0, 0.05) is 12.0 Å². The van der Waals surface area contributed by atoms with Crippen LogP contribution in [-0.4, -0.2) is 35.3 Å². The van der Waals surface area contributed by atoms with E-state index >= 15 is 0 Å². The smallest absolute Gasteiger partial charge is 0.325 e. The zero-order chi connectivity index (χ0) is 12.1. The molecule has 0 saturated carbocycles. The molecule has 1 unspecified atom stereocenters. The highest BCUT2D eigenvalue weighted by Gasteiger charge is 2.19. The molecular weight excluding hydrogens is 198 g/mol. The van der Waals surface area contributed by atoms with Crippen molar-refractivity contribution in [2.24, 2.45) is 5.73 Å². The first-order valence-corrected chi connectivity index (χ1v) is 4.64. The summed E-state index contributed by atoms with van der Waals surface area (Å²) in [5.41, 5.74) is 4.97. The summed E-state index contributed by atoms with van der Waals surface area (Å²) in [6.45, 7) is 5.87. The van der Waals surface area contributed by atoms with Crippen LogP contribution in [0, 0.1) is 0 Å². The Morgan fingerprint density at radius 2 is 2.07 bits per heavy atom. The number of carboxylic acids is 1. The molecule has 0 aliphatic heterocycles. The molecule has 0 amide bonds. The fraction of sp³-hybridized carbons (Fsp3) is 0.700. The van der Waals surface area contributed by atoms with Crippen molar-refractivity contribution in [3.63, 3.8) is 0 Å². The first-order valence-electron chi connectivity index (χ1n) is 4.64. The number of hydrogen-bond donors (Lipinski definition) is 2. The van der Waals surface area contributed by atoms with Crippen molar-refractivity contribution >= 4 is 11.9 Å². The van der Waals surface area contributed by atoms with Gasteiger partial charge in [0.1, 0.15) is 12.0 Å². The number of ether oxygens (including phenoxy) is 1. The van der Waals surface area contributed by atoms with Crippen LogP contribution in [0.5, 0.6) is 0 Å². The molecule has 0 spiro atoms. The van der Waals surface area contributed by atoms with Gasteiger partial charge in [-0.3, -0.25) is 4.79 Å². The van der Waals surface area contributed by atoms with Crippen LogP contribution in [-0.2, 0) is 14.3 Å². The van der Waals surface area contributed by atoms with Crippen LogP contribution in [0.4, 0.5) is 0 Å². The zero-order valence-corrected chi connectivity index (χ0v) is 9.24. The average Bonchev–Trinajstić information content (AvgIpc) is 2.09. The molecule has 15 heavy (non-hydrogen) atoms. The lowest BCUT2D eigenvalue weighted by Gasteiger charge is -2.19. The third-order valence-corrected chi connectivity index (χ3v) is 1.68. The first-order chi connectivity index (χ1) is 6.78. The predicted octanol–water partition coefficient (Wildman–Crippen LogP) is 0.361. The molecule has 86 valence electrons. The SMILES string of the molecule is CC(C)(C)OCCC(=C=O)C(N)C(=O)O. The van der Waals surface area contributed by atoms with Gasteiger partial charge in [0.05, 0.1) is 12.2 Å². The van der Waals surface area contributed by atoms with Crippen LogP contribution in [0.3, 0.4) is 0 Å². The van der Waals surface area contributed by atoms with Gasteiger partial charge in [-0.15, -0.1) is 0 Å². The quantitative estimate of drug-likeness (QED) is 0.646. The molecular formula is C10H17NO4. The molecule has 1 atom stereocenters. The molecule has 0 aliphatic carbocycles. The summed E-state index contributed by atoms with van der Waals surface area (Å²) in [5.74, 6) is 0.318. The van der Waals surface area contributed by atoms with E-state index in [0.717, 1.165) is 0 Å². The molecule has 0 aromatic carbocycles. The summed E-state index contributed by atoms with van der Waals surface area (Å²) in [6.07, 6.45) is 0.189. The maximum Gasteiger partial charge on any atom is 0.325 e. The second-order valence-corrected chi connectivity index (χ2v) is 4.15. The van der Waals surface area contributed by atoms with Gasteiger partial charge in [-0.25, -0.2) is 4.79 Å². The minimum atomic E-state index is -1.29. The van der Waals surface area contributed by atoms with Crippen LogP contribution in [0.2, 0.25) is 0 Å². The number of hydrogen-bond acceptors (Lipinski definition) is 4. The minimum absolute atomic E-state index is 0.0201. The summed E-state index contributed by atoms with van der Waals surface area (Å²) in [6, 6.07) is -1.29. The molecule has 0 rings (SSSR count). The van der Waals surface area contributed by atoms with Gasteiger partial charge >= 0.3 is 5.97 Å². The van der Waals surface area contributed by atoms with E-state index in [9.17, 15) is 9.59 Å². The largest absolute Gasteiger partial charge is 0.480 e. The fourth-order valence-corrected chi connectivity index (χ4v) is 0.886. The Hall–Kier alpha value is -1.16. The summed E-state index contributed by atoms with van der Waals surface area (Å²) in [7, 11) is 0. The second-order valence-electron chi connectivity index (χ2n) is 4.15. The van der Waals surface area contributed by atoms with Crippen molar-refractivity contribution in [2.45, 2.75) is 38.8 Å². The third-order valence-electron chi connectivity index (χ3n) is 1.68. The van der Waals surface area contributed by atoms with Gasteiger partial charge < -0.3 is 15.6 Å². The van der Waals surface area contributed by atoms with Crippen LogP contribution in [0.15, 0.2) is 5.57 Å². The maximum absolute atomic E-state index is 10.5.